The van der Waals surface area contributed by atoms with E-state index in [1.54, 1.807) is 0 Å². The molecule has 1 aromatic rings. The van der Waals surface area contributed by atoms with Crippen LogP contribution in [0.2, 0.25) is 5.02 Å². The molecule has 1 rings (SSSR count). The van der Waals surface area contributed by atoms with E-state index < -0.39 is 0 Å². The molecule has 94 valence electrons. The highest BCUT2D eigenvalue weighted by atomic mass is 35.5. The molecule has 0 N–H and O–H groups in total. The lowest BCUT2D eigenvalue weighted by molar-refractivity contribution is -0.144. The lowest BCUT2D eigenvalue weighted by Gasteiger charge is -2.12. The molecule has 0 bridgehead atoms. The van der Waals surface area contributed by atoms with E-state index in [0.717, 1.165) is 18.4 Å². The molecular formula is C14H19ClO2. The summed E-state index contributed by atoms with van der Waals surface area (Å²) >= 11 is 6.08. The first-order valence-corrected chi connectivity index (χ1v) is 6.43. The summed E-state index contributed by atoms with van der Waals surface area (Å²) in [5.41, 5.74) is 1.00. The van der Waals surface area contributed by atoms with Crippen LogP contribution in [0.5, 0.6) is 0 Å². The van der Waals surface area contributed by atoms with E-state index in [1.807, 2.05) is 31.2 Å². The number of carbonyl (C=O) groups is 1. The highest BCUT2D eigenvalue weighted by Gasteiger charge is 2.14. The number of hydrogen-bond donors (Lipinski definition) is 0. The van der Waals surface area contributed by atoms with Crippen LogP contribution in [0.4, 0.5) is 0 Å². The second-order valence-corrected chi connectivity index (χ2v) is 4.61. The Morgan fingerprint density at radius 2 is 2.12 bits per heavy atom. The number of halogens is 1. The van der Waals surface area contributed by atoms with Gasteiger partial charge in [-0.2, -0.15) is 0 Å². The number of esters is 1. The molecule has 0 aliphatic carbocycles. The zero-order chi connectivity index (χ0) is 12.7. The summed E-state index contributed by atoms with van der Waals surface area (Å²) in [5.74, 6) is -0.0521. The van der Waals surface area contributed by atoms with Crippen molar-refractivity contribution in [2.24, 2.45) is 0 Å². The van der Waals surface area contributed by atoms with Crippen molar-refractivity contribution < 1.29 is 9.53 Å². The first-order chi connectivity index (χ1) is 8.15. The van der Waals surface area contributed by atoms with Gasteiger partial charge in [-0.25, -0.2) is 0 Å². The normalized spacial score (nSPS) is 12.2. The van der Waals surface area contributed by atoms with E-state index >= 15 is 0 Å². The van der Waals surface area contributed by atoms with Gasteiger partial charge >= 0.3 is 5.97 Å². The second kappa shape index (κ2) is 7.33. The minimum atomic E-state index is -0.147. The molecular weight excluding hydrogens is 236 g/mol. The Balaban J connectivity index is 2.46. The van der Waals surface area contributed by atoms with Crippen LogP contribution in [0.15, 0.2) is 24.3 Å². The molecule has 0 aromatic heterocycles. The average molecular weight is 255 g/mol. The van der Waals surface area contributed by atoms with Crippen LogP contribution >= 0.6 is 11.6 Å². The van der Waals surface area contributed by atoms with Gasteiger partial charge in [-0.1, -0.05) is 50.1 Å². The van der Waals surface area contributed by atoms with Crippen molar-refractivity contribution in [3.05, 3.63) is 34.9 Å². The van der Waals surface area contributed by atoms with Crippen LogP contribution in [0.25, 0.3) is 0 Å². The molecule has 17 heavy (non-hydrogen) atoms. The van der Waals surface area contributed by atoms with Crippen molar-refractivity contribution in [1.29, 1.82) is 0 Å². The maximum atomic E-state index is 11.5. The van der Waals surface area contributed by atoms with Crippen molar-refractivity contribution in [3.63, 3.8) is 0 Å². The molecule has 0 saturated carbocycles. The summed E-state index contributed by atoms with van der Waals surface area (Å²) in [4.78, 5) is 11.5. The molecule has 0 heterocycles. The first-order valence-electron chi connectivity index (χ1n) is 6.05. The van der Waals surface area contributed by atoms with Gasteiger partial charge < -0.3 is 4.74 Å². The molecule has 0 radical (unpaired) electrons. The zero-order valence-corrected chi connectivity index (χ0v) is 11.2. The van der Waals surface area contributed by atoms with Gasteiger partial charge in [0.2, 0.25) is 0 Å². The van der Waals surface area contributed by atoms with Crippen LogP contribution in [-0.4, -0.2) is 12.6 Å². The van der Waals surface area contributed by atoms with Gasteiger partial charge in [0.1, 0.15) is 0 Å². The van der Waals surface area contributed by atoms with Crippen molar-refractivity contribution >= 4 is 17.6 Å². The third-order valence-corrected chi connectivity index (χ3v) is 3.01. The number of rotatable bonds is 6. The third-order valence-electron chi connectivity index (χ3n) is 2.67. The van der Waals surface area contributed by atoms with E-state index in [2.05, 4.69) is 6.92 Å². The summed E-state index contributed by atoms with van der Waals surface area (Å²) in [5, 5.41) is 0.710. The number of benzene rings is 1. The fraction of sp³-hybridized carbons (Fsp3) is 0.500. The van der Waals surface area contributed by atoms with Crippen LogP contribution in [0.3, 0.4) is 0 Å². The minimum Gasteiger partial charge on any atom is -0.466 e. The number of unbranched alkanes of at least 4 members (excludes halogenated alkanes) is 1. The zero-order valence-electron chi connectivity index (χ0n) is 10.4. The van der Waals surface area contributed by atoms with Crippen LogP contribution in [-0.2, 0) is 9.53 Å². The molecule has 0 fully saturated rings. The minimum absolute atomic E-state index is 0.0952. The Kier molecular flexibility index (Phi) is 6.06. The lowest BCUT2D eigenvalue weighted by atomic mass is 9.98. The number of ether oxygens (including phenoxy) is 1. The van der Waals surface area contributed by atoms with Crippen molar-refractivity contribution in [2.45, 2.75) is 39.0 Å². The van der Waals surface area contributed by atoms with Gasteiger partial charge in [0, 0.05) is 5.02 Å². The molecule has 1 atom stereocenters. The molecule has 2 nitrogen and oxygen atoms in total. The molecule has 0 unspecified atom stereocenters. The van der Waals surface area contributed by atoms with E-state index in [9.17, 15) is 4.79 Å². The van der Waals surface area contributed by atoms with Gasteiger partial charge in [0.05, 0.1) is 13.0 Å². The molecule has 1 aromatic carbocycles. The summed E-state index contributed by atoms with van der Waals surface area (Å²) in [6.45, 7) is 4.58. The summed E-state index contributed by atoms with van der Waals surface area (Å²) < 4.78 is 5.13. The van der Waals surface area contributed by atoms with E-state index in [-0.39, 0.29) is 11.9 Å². The van der Waals surface area contributed by atoms with Crippen LogP contribution in [0.1, 0.15) is 44.6 Å². The average Bonchev–Trinajstić information content (AvgIpc) is 2.29. The molecule has 0 saturated heterocycles. The Morgan fingerprint density at radius 1 is 1.41 bits per heavy atom. The van der Waals surface area contributed by atoms with Gasteiger partial charge in [0.15, 0.2) is 0 Å². The Morgan fingerprint density at radius 3 is 2.76 bits per heavy atom. The maximum absolute atomic E-state index is 11.5. The van der Waals surface area contributed by atoms with E-state index in [1.165, 1.54) is 0 Å². The first kappa shape index (κ1) is 14.0. The monoisotopic (exact) mass is 254 g/mol. The Hall–Kier alpha value is -1.02. The predicted octanol–water partition coefficient (Wildman–Crippen LogP) is 4.18. The number of carbonyl (C=O) groups excluding carboxylic acids is 1. The van der Waals surface area contributed by atoms with E-state index in [4.69, 9.17) is 16.3 Å². The fourth-order valence-corrected chi connectivity index (χ4v) is 1.95. The molecule has 0 aliphatic rings. The highest BCUT2D eigenvalue weighted by Crippen LogP contribution is 2.26. The van der Waals surface area contributed by atoms with E-state index in [0.29, 0.717) is 18.1 Å². The van der Waals surface area contributed by atoms with Gasteiger partial charge in [-0.15, -0.1) is 0 Å². The lowest BCUT2D eigenvalue weighted by Crippen LogP contribution is -2.09. The predicted molar refractivity (Wildman–Crippen MR) is 70.4 cm³/mol. The molecule has 0 spiro atoms. The largest absolute Gasteiger partial charge is 0.466 e. The maximum Gasteiger partial charge on any atom is 0.306 e. The smallest absolute Gasteiger partial charge is 0.306 e. The third kappa shape index (κ3) is 4.78. The standard InChI is InChI=1S/C14H19ClO2/c1-3-4-9-17-14(16)10-11(2)12-7-5-6-8-13(12)15/h5-8,11H,3-4,9-10H2,1-2H3/t11-/m0/s1. The Bertz CT molecular complexity index is 363. The molecule has 0 amide bonds. The van der Waals surface area contributed by atoms with Crippen LogP contribution in [0, 0.1) is 0 Å². The highest BCUT2D eigenvalue weighted by molar-refractivity contribution is 6.31. The van der Waals surface area contributed by atoms with Gasteiger partial charge in [0.25, 0.3) is 0 Å². The second-order valence-electron chi connectivity index (χ2n) is 4.20. The topological polar surface area (TPSA) is 26.3 Å². The van der Waals surface area contributed by atoms with Crippen molar-refractivity contribution in [1.82, 2.24) is 0 Å². The summed E-state index contributed by atoms with van der Waals surface area (Å²) in [7, 11) is 0. The van der Waals surface area contributed by atoms with Crippen molar-refractivity contribution in [2.75, 3.05) is 6.61 Å². The van der Waals surface area contributed by atoms with Crippen molar-refractivity contribution in [3.8, 4) is 0 Å². The molecule has 3 heteroatoms. The quantitative estimate of drug-likeness (QED) is 0.562. The van der Waals surface area contributed by atoms with Gasteiger partial charge in [-0.05, 0) is 24.0 Å². The number of hydrogen-bond acceptors (Lipinski definition) is 2. The van der Waals surface area contributed by atoms with Gasteiger partial charge in [-0.3, -0.25) is 4.79 Å². The summed E-state index contributed by atoms with van der Waals surface area (Å²) in [6.07, 6.45) is 2.34. The Labute approximate surface area is 108 Å². The molecule has 0 aliphatic heterocycles. The summed E-state index contributed by atoms with van der Waals surface area (Å²) in [6, 6.07) is 7.61. The fourth-order valence-electron chi connectivity index (χ4n) is 1.62. The van der Waals surface area contributed by atoms with Crippen LogP contribution < -0.4 is 0 Å². The SMILES string of the molecule is CCCCOC(=O)C[C@H](C)c1ccccc1Cl.